The molecule has 0 bridgehead atoms. The molecule has 0 unspecified atom stereocenters. The Morgan fingerprint density at radius 2 is 1.81 bits per heavy atom. The van der Waals surface area contributed by atoms with Crippen LogP contribution in [0, 0.1) is 11.3 Å². The van der Waals surface area contributed by atoms with E-state index in [9.17, 15) is 15.2 Å². The summed E-state index contributed by atoms with van der Waals surface area (Å²) in [6, 6.07) is 16.9. The second kappa shape index (κ2) is 8.07. The molecule has 2 aromatic carbocycles. The number of nitriles is 1. The largest absolute Gasteiger partial charge is 0.507 e. The van der Waals surface area contributed by atoms with Crippen LogP contribution >= 0.6 is 15.9 Å². The van der Waals surface area contributed by atoms with Gasteiger partial charge in [-0.1, -0.05) is 34.1 Å². The number of hydrogen-bond donors (Lipinski definition) is 1. The van der Waals surface area contributed by atoms with Crippen LogP contribution in [0.1, 0.15) is 5.56 Å². The van der Waals surface area contributed by atoms with Crippen molar-refractivity contribution in [3.8, 4) is 11.8 Å². The number of benzene rings is 2. The Kier molecular flexibility index (Phi) is 5.59. The second-order valence-corrected chi connectivity index (χ2v) is 6.90. The third kappa shape index (κ3) is 4.06. The van der Waals surface area contributed by atoms with Gasteiger partial charge in [0.25, 0.3) is 5.91 Å². The van der Waals surface area contributed by atoms with E-state index < -0.39 is 0 Å². The monoisotopic (exact) mass is 411 g/mol. The maximum absolute atomic E-state index is 12.7. The Bertz CT molecular complexity index is 866. The highest BCUT2D eigenvalue weighted by molar-refractivity contribution is 9.10. The second-order valence-electron chi connectivity index (χ2n) is 5.99. The fraction of sp³-hybridized carbons (Fsp3) is 0.200. The number of para-hydroxylation sites is 1. The molecular weight excluding hydrogens is 394 g/mol. The fourth-order valence-corrected chi connectivity index (χ4v) is 3.29. The Balaban J connectivity index is 1.71. The van der Waals surface area contributed by atoms with Gasteiger partial charge in [-0.3, -0.25) is 4.79 Å². The third-order valence-corrected chi connectivity index (χ3v) is 4.82. The number of piperazine rings is 1. The maximum Gasteiger partial charge on any atom is 0.264 e. The minimum atomic E-state index is -0.306. The average Bonchev–Trinajstić information content (AvgIpc) is 2.69. The third-order valence-electron chi connectivity index (χ3n) is 4.33. The first-order valence-corrected chi connectivity index (χ1v) is 9.07. The zero-order valence-electron chi connectivity index (χ0n) is 14.1. The molecule has 1 fully saturated rings. The number of amides is 1. The van der Waals surface area contributed by atoms with Crippen LogP contribution in [-0.4, -0.2) is 42.1 Å². The molecule has 1 aliphatic heterocycles. The van der Waals surface area contributed by atoms with Crippen LogP contribution < -0.4 is 4.90 Å². The highest BCUT2D eigenvalue weighted by atomic mass is 79.9. The first-order chi connectivity index (χ1) is 12.6. The molecule has 1 saturated heterocycles. The molecule has 0 aliphatic carbocycles. The van der Waals surface area contributed by atoms with Gasteiger partial charge in [0.2, 0.25) is 0 Å². The van der Waals surface area contributed by atoms with Gasteiger partial charge in [-0.15, -0.1) is 0 Å². The molecule has 1 N–H and O–H groups in total. The zero-order chi connectivity index (χ0) is 18.5. The summed E-state index contributed by atoms with van der Waals surface area (Å²) in [7, 11) is 0. The summed E-state index contributed by atoms with van der Waals surface area (Å²) in [5.41, 5.74) is 1.59. The molecule has 1 amide bonds. The van der Waals surface area contributed by atoms with Crippen molar-refractivity contribution in [3.05, 3.63) is 64.1 Å². The zero-order valence-corrected chi connectivity index (χ0v) is 15.7. The summed E-state index contributed by atoms with van der Waals surface area (Å²) in [6.07, 6.45) is 1.44. The molecular formula is C20H18BrN3O2. The minimum absolute atomic E-state index is 0.0200. The van der Waals surface area contributed by atoms with Gasteiger partial charge in [-0.05, 0) is 36.4 Å². The van der Waals surface area contributed by atoms with Gasteiger partial charge in [0, 0.05) is 41.9 Å². The maximum atomic E-state index is 12.7. The Labute approximate surface area is 160 Å². The number of rotatable bonds is 3. The van der Waals surface area contributed by atoms with E-state index in [1.54, 1.807) is 17.0 Å². The standard InChI is InChI=1S/C20H18BrN3O2/c21-17-6-7-19(25)15(13-17)12-16(14-22)20(26)24-10-8-23(9-11-24)18-4-2-1-3-5-18/h1-7,12-13,25H,8-11H2/b16-12-. The lowest BCUT2D eigenvalue weighted by Crippen LogP contribution is -2.49. The molecule has 132 valence electrons. The average molecular weight is 412 g/mol. The molecule has 5 nitrogen and oxygen atoms in total. The van der Waals surface area contributed by atoms with Crippen molar-refractivity contribution in [1.82, 2.24) is 4.90 Å². The number of halogens is 1. The number of nitrogens with zero attached hydrogens (tertiary/aromatic N) is 3. The minimum Gasteiger partial charge on any atom is -0.507 e. The number of carbonyl (C=O) groups excluding carboxylic acids is 1. The summed E-state index contributed by atoms with van der Waals surface area (Å²) in [4.78, 5) is 16.6. The van der Waals surface area contributed by atoms with Crippen LogP contribution in [0.4, 0.5) is 5.69 Å². The number of carbonyl (C=O) groups is 1. The van der Waals surface area contributed by atoms with Gasteiger partial charge in [-0.25, -0.2) is 0 Å². The molecule has 3 rings (SSSR count). The Morgan fingerprint density at radius 1 is 1.12 bits per heavy atom. The van der Waals surface area contributed by atoms with E-state index in [0.717, 1.165) is 23.2 Å². The number of phenolic OH excluding ortho intramolecular Hbond substituents is 1. The quantitative estimate of drug-likeness (QED) is 0.620. The van der Waals surface area contributed by atoms with Crippen molar-refractivity contribution >= 4 is 33.6 Å². The molecule has 0 atom stereocenters. The molecule has 2 aromatic rings. The van der Waals surface area contributed by atoms with Crippen LogP contribution in [0.5, 0.6) is 5.75 Å². The molecule has 1 aliphatic rings. The van der Waals surface area contributed by atoms with Crippen molar-refractivity contribution < 1.29 is 9.90 Å². The molecule has 0 radical (unpaired) electrons. The molecule has 1 heterocycles. The SMILES string of the molecule is N#C/C(=C/c1cc(Br)ccc1O)C(=O)N1CCN(c2ccccc2)CC1. The van der Waals surface area contributed by atoms with Crippen molar-refractivity contribution in [2.45, 2.75) is 0 Å². The lowest BCUT2D eigenvalue weighted by Gasteiger charge is -2.36. The predicted octanol–water partition coefficient (Wildman–Crippen LogP) is 3.41. The fourth-order valence-electron chi connectivity index (χ4n) is 2.92. The van der Waals surface area contributed by atoms with Crippen LogP contribution in [0.3, 0.4) is 0 Å². The first-order valence-electron chi connectivity index (χ1n) is 8.28. The van der Waals surface area contributed by atoms with Gasteiger partial charge in [0.05, 0.1) is 0 Å². The van der Waals surface area contributed by atoms with Crippen LogP contribution in [0.2, 0.25) is 0 Å². The number of hydrogen-bond acceptors (Lipinski definition) is 4. The van der Waals surface area contributed by atoms with Crippen LogP contribution in [-0.2, 0) is 4.79 Å². The molecule has 26 heavy (non-hydrogen) atoms. The number of phenols is 1. The van der Waals surface area contributed by atoms with Crippen LogP contribution in [0.25, 0.3) is 6.08 Å². The highest BCUT2D eigenvalue weighted by Crippen LogP contribution is 2.25. The Hall–Kier alpha value is -2.78. The molecule has 6 heteroatoms. The number of aromatic hydroxyl groups is 1. The van der Waals surface area contributed by atoms with Gasteiger partial charge in [0.15, 0.2) is 0 Å². The summed E-state index contributed by atoms with van der Waals surface area (Å²) in [6.45, 7) is 2.54. The van der Waals surface area contributed by atoms with Crippen molar-refractivity contribution in [2.75, 3.05) is 31.1 Å². The van der Waals surface area contributed by atoms with E-state index in [1.165, 1.54) is 12.1 Å². The van der Waals surface area contributed by atoms with E-state index >= 15 is 0 Å². The van der Waals surface area contributed by atoms with Gasteiger partial charge in [0.1, 0.15) is 17.4 Å². The van der Waals surface area contributed by atoms with Gasteiger partial charge < -0.3 is 14.9 Å². The van der Waals surface area contributed by atoms with Crippen molar-refractivity contribution in [1.29, 1.82) is 5.26 Å². The van der Waals surface area contributed by atoms with E-state index in [1.807, 2.05) is 36.4 Å². The lowest BCUT2D eigenvalue weighted by atomic mass is 10.1. The summed E-state index contributed by atoms with van der Waals surface area (Å²) in [5, 5.41) is 19.3. The Morgan fingerprint density at radius 3 is 2.46 bits per heavy atom. The summed E-state index contributed by atoms with van der Waals surface area (Å²) in [5.74, 6) is -0.276. The van der Waals surface area contributed by atoms with Gasteiger partial charge >= 0.3 is 0 Å². The van der Waals surface area contributed by atoms with E-state index in [2.05, 4.69) is 20.8 Å². The molecule has 0 aromatic heterocycles. The predicted molar refractivity (Wildman–Crippen MR) is 105 cm³/mol. The van der Waals surface area contributed by atoms with E-state index in [0.29, 0.717) is 18.7 Å². The van der Waals surface area contributed by atoms with Gasteiger partial charge in [-0.2, -0.15) is 5.26 Å². The highest BCUT2D eigenvalue weighted by Gasteiger charge is 2.24. The lowest BCUT2D eigenvalue weighted by molar-refractivity contribution is -0.126. The molecule has 0 saturated carbocycles. The smallest absolute Gasteiger partial charge is 0.264 e. The topological polar surface area (TPSA) is 67.6 Å². The number of anilines is 1. The van der Waals surface area contributed by atoms with E-state index in [4.69, 9.17) is 0 Å². The normalized spacial score (nSPS) is 14.8. The molecule has 0 spiro atoms. The van der Waals surface area contributed by atoms with Crippen molar-refractivity contribution in [2.24, 2.45) is 0 Å². The van der Waals surface area contributed by atoms with E-state index in [-0.39, 0.29) is 17.2 Å². The van der Waals surface area contributed by atoms with Crippen molar-refractivity contribution in [3.63, 3.8) is 0 Å². The van der Waals surface area contributed by atoms with Crippen LogP contribution in [0.15, 0.2) is 58.6 Å². The summed E-state index contributed by atoms with van der Waals surface area (Å²) >= 11 is 3.33. The summed E-state index contributed by atoms with van der Waals surface area (Å²) < 4.78 is 0.766. The first kappa shape index (κ1) is 18.0.